The van der Waals surface area contributed by atoms with Crippen LogP contribution in [0.25, 0.3) is 11.2 Å². The molecule has 0 fully saturated rings. The SMILES string of the molecule is [B]c1nc2c(c(=O)n(C)c(=O)n2C)n1C. The zero-order valence-electron chi connectivity index (χ0n) is 8.68. The van der Waals surface area contributed by atoms with E-state index in [1.54, 1.807) is 14.1 Å². The van der Waals surface area contributed by atoms with Crippen LogP contribution in [0.3, 0.4) is 0 Å². The fourth-order valence-electron chi connectivity index (χ4n) is 1.54. The number of imidazole rings is 1. The lowest BCUT2D eigenvalue weighted by atomic mass is 10.1. The molecule has 0 N–H and O–H groups in total. The van der Waals surface area contributed by atoms with E-state index in [-0.39, 0.29) is 11.3 Å². The van der Waals surface area contributed by atoms with Crippen molar-refractivity contribution in [3.8, 4) is 0 Å². The van der Waals surface area contributed by atoms with Crippen LogP contribution >= 0.6 is 0 Å². The molecule has 0 atom stereocenters. The Kier molecular flexibility index (Phi) is 1.85. The number of aryl methyl sites for hydroxylation is 2. The first-order valence-electron chi connectivity index (χ1n) is 4.33. The summed E-state index contributed by atoms with van der Waals surface area (Å²) in [5.74, 6) is 0. The van der Waals surface area contributed by atoms with Crippen molar-refractivity contribution in [3.05, 3.63) is 20.8 Å². The van der Waals surface area contributed by atoms with Crippen LogP contribution in [-0.4, -0.2) is 26.5 Å². The standard InChI is InChI=1S/C8H9BN4O2/c1-11-4-5(10-7(11)9)12(2)8(15)13(3)6(4)14/h1-3H3. The smallest absolute Gasteiger partial charge is 0.332 e. The van der Waals surface area contributed by atoms with Crippen molar-refractivity contribution in [2.75, 3.05) is 0 Å². The second-order valence-corrected chi connectivity index (χ2v) is 3.41. The maximum absolute atomic E-state index is 11.8. The molecule has 7 heteroatoms. The molecule has 0 amide bonds. The first kappa shape index (κ1) is 9.76. The molecular formula is C8H9BN4O2. The van der Waals surface area contributed by atoms with Crippen LogP contribution in [0.1, 0.15) is 0 Å². The zero-order chi connectivity index (χ0) is 11.3. The Morgan fingerprint density at radius 1 is 1.07 bits per heavy atom. The van der Waals surface area contributed by atoms with Gasteiger partial charge >= 0.3 is 5.69 Å². The van der Waals surface area contributed by atoms with Gasteiger partial charge in [0.15, 0.2) is 19.0 Å². The Morgan fingerprint density at radius 3 is 2.27 bits per heavy atom. The average molecular weight is 204 g/mol. The summed E-state index contributed by atoms with van der Waals surface area (Å²) in [6.07, 6.45) is 0. The van der Waals surface area contributed by atoms with E-state index in [0.29, 0.717) is 11.2 Å². The summed E-state index contributed by atoms with van der Waals surface area (Å²) in [5, 5.41) is 0. The molecular weight excluding hydrogens is 195 g/mol. The molecule has 0 aliphatic heterocycles. The highest BCUT2D eigenvalue weighted by molar-refractivity contribution is 6.30. The van der Waals surface area contributed by atoms with Crippen molar-refractivity contribution in [2.24, 2.45) is 21.1 Å². The molecule has 2 rings (SSSR count). The van der Waals surface area contributed by atoms with E-state index in [9.17, 15) is 9.59 Å². The fourth-order valence-corrected chi connectivity index (χ4v) is 1.54. The summed E-state index contributed by atoms with van der Waals surface area (Å²) >= 11 is 0. The van der Waals surface area contributed by atoms with E-state index in [2.05, 4.69) is 4.98 Å². The van der Waals surface area contributed by atoms with Crippen molar-refractivity contribution >= 4 is 24.7 Å². The normalized spacial score (nSPS) is 11.1. The number of fused-ring (bicyclic) bond motifs is 1. The minimum Gasteiger partial charge on any atom is -0.335 e. The van der Waals surface area contributed by atoms with Gasteiger partial charge in [0.2, 0.25) is 0 Å². The molecule has 0 aromatic carbocycles. The van der Waals surface area contributed by atoms with Gasteiger partial charge in [0.25, 0.3) is 5.56 Å². The lowest BCUT2D eigenvalue weighted by molar-refractivity contribution is 0.705. The number of hydrogen-bond donors (Lipinski definition) is 0. The van der Waals surface area contributed by atoms with E-state index in [1.165, 1.54) is 16.2 Å². The second-order valence-electron chi connectivity index (χ2n) is 3.41. The monoisotopic (exact) mass is 204 g/mol. The van der Waals surface area contributed by atoms with Gasteiger partial charge < -0.3 is 4.57 Å². The highest BCUT2D eigenvalue weighted by Crippen LogP contribution is 1.99. The number of aromatic nitrogens is 4. The summed E-state index contributed by atoms with van der Waals surface area (Å²) in [7, 11) is 10.2. The van der Waals surface area contributed by atoms with Gasteiger partial charge in [0.1, 0.15) is 0 Å². The van der Waals surface area contributed by atoms with Crippen LogP contribution in [0.4, 0.5) is 0 Å². The summed E-state index contributed by atoms with van der Waals surface area (Å²) in [6.45, 7) is 0. The van der Waals surface area contributed by atoms with E-state index in [4.69, 9.17) is 7.85 Å². The van der Waals surface area contributed by atoms with Crippen molar-refractivity contribution in [1.82, 2.24) is 18.7 Å². The molecule has 15 heavy (non-hydrogen) atoms. The van der Waals surface area contributed by atoms with Gasteiger partial charge in [0, 0.05) is 21.1 Å². The van der Waals surface area contributed by atoms with Crippen LogP contribution < -0.4 is 17.0 Å². The van der Waals surface area contributed by atoms with Crippen LogP contribution in [-0.2, 0) is 21.1 Å². The van der Waals surface area contributed by atoms with Gasteiger partial charge in [-0.2, -0.15) is 0 Å². The number of hydrogen-bond acceptors (Lipinski definition) is 3. The summed E-state index contributed by atoms with van der Waals surface area (Å²) in [6, 6.07) is 0. The highest BCUT2D eigenvalue weighted by Gasteiger charge is 2.13. The predicted molar refractivity (Wildman–Crippen MR) is 56.6 cm³/mol. The number of rotatable bonds is 0. The quantitative estimate of drug-likeness (QED) is 0.456. The predicted octanol–water partition coefficient (Wildman–Crippen LogP) is -2.24. The van der Waals surface area contributed by atoms with Gasteiger partial charge in [0.05, 0.1) is 5.72 Å². The molecule has 0 aliphatic carbocycles. The van der Waals surface area contributed by atoms with E-state index < -0.39 is 5.69 Å². The van der Waals surface area contributed by atoms with Gasteiger partial charge in [-0.1, -0.05) is 0 Å². The molecule has 0 bridgehead atoms. The minimum atomic E-state index is -0.411. The minimum absolute atomic E-state index is 0.211. The maximum atomic E-state index is 11.8. The topological polar surface area (TPSA) is 61.8 Å². The molecule has 0 spiro atoms. The molecule has 6 nitrogen and oxygen atoms in total. The van der Waals surface area contributed by atoms with Crippen molar-refractivity contribution in [1.29, 1.82) is 0 Å². The average Bonchev–Trinajstić information content (AvgIpc) is 2.50. The Morgan fingerprint density at radius 2 is 1.67 bits per heavy atom. The lowest BCUT2D eigenvalue weighted by Crippen LogP contribution is -2.37. The van der Waals surface area contributed by atoms with Crippen molar-refractivity contribution in [3.63, 3.8) is 0 Å². The first-order chi connectivity index (χ1) is 6.95. The van der Waals surface area contributed by atoms with Gasteiger partial charge in [-0.15, -0.1) is 0 Å². The van der Waals surface area contributed by atoms with Crippen molar-refractivity contribution in [2.45, 2.75) is 0 Å². The highest BCUT2D eigenvalue weighted by atomic mass is 16.2. The molecule has 0 saturated heterocycles. The van der Waals surface area contributed by atoms with E-state index in [0.717, 1.165) is 4.57 Å². The summed E-state index contributed by atoms with van der Waals surface area (Å²) < 4.78 is 3.80. The van der Waals surface area contributed by atoms with Crippen molar-refractivity contribution < 1.29 is 0 Å². The Hall–Kier alpha value is -1.79. The van der Waals surface area contributed by atoms with Gasteiger partial charge in [-0.3, -0.25) is 13.9 Å². The number of nitrogens with zero attached hydrogens (tertiary/aromatic N) is 4. The lowest BCUT2D eigenvalue weighted by Gasteiger charge is -2.03. The summed E-state index contributed by atoms with van der Waals surface area (Å²) in [5.41, 5.74) is 0.0499. The molecule has 2 radical (unpaired) electrons. The van der Waals surface area contributed by atoms with Crippen LogP contribution in [0.5, 0.6) is 0 Å². The first-order valence-corrected chi connectivity index (χ1v) is 4.33. The third-order valence-electron chi connectivity index (χ3n) is 2.51. The van der Waals surface area contributed by atoms with Crippen LogP contribution in [0.2, 0.25) is 0 Å². The Balaban J connectivity index is 3.23. The Labute approximate surface area is 86.2 Å². The van der Waals surface area contributed by atoms with Gasteiger partial charge in [-0.05, 0) is 0 Å². The third kappa shape index (κ3) is 1.09. The van der Waals surface area contributed by atoms with Gasteiger partial charge in [-0.25, -0.2) is 9.78 Å². The van der Waals surface area contributed by atoms with Crippen LogP contribution in [0.15, 0.2) is 9.59 Å². The molecule has 0 aliphatic rings. The second kappa shape index (κ2) is 2.85. The molecule has 0 unspecified atom stereocenters. The van der Waals surface area contributed by atoms with E-state index >= 15 is 0 Å². The Bertz CT molecular complexity index is 664. The maximum Gasteiger partial charge on any atom is 0.332 e. The van der Waals surface area contributed by atoms with E-state index in [1.807, 2.05) is 0 Å². The fraction of sp³-hybridized carbons (Fsp3) is 0.375. The largest absolute Gasteiger partial charge is 0.335 e. The molecule has 2 heterocycles. The zero-order valence-corrected chi connectivity index (χ0v) is 8.68. The third-order valence-corrected chi connectivity index (χ3v) is 2.51. The molecule has 0 saturated carbocycles. The van der Waals surface area contributed by atoms with Crippen LogP contribution in [0, 0.1) is 0 Å². The molecule has 2 aromatic rings. The molecule has 2 aromatic heterocycles. The molecule has 76 valence electrons. The summed E-state index contributed by atoms with van der Waals surface area (Å²) in [4.78, 5) is 27.3.